The van der Waals surface area contributed by atoms with E-state index >= 15 is 0 Å². The van der Waals surface area contributed by atoms with Gasteiger partial charge in [-0.25, -0.2) is 9.69 Å². The lowest BCUT2D eigenvalue weighted by Gasteiger charge is -2.20. The van der Waals surface area contributed by atoms with Crippen LogP contribution in [-0.2, 0) is 13.0 Å². The summed E-state index contributed by atoms with van der Waals surface area (Å²) >= 11 is 0. The van der Waals surface area contributed by atoms with E-state index in [0.717, 1.165) is 27.3 Å². The van der Waals surface area contributed by atoms with Crippen molar-refractivity contribution in [3.63, 3.8) is 0 Å². The van der Waals surface area contributed by atoms with Crippen LogP contribution in [0.25, 0.3) is 6.08 Å². The van der Waals surface area contributed by atoms with Gasteiger partial charge in [-0.3, -0.25) is 4.79 Å². The molecule has 0 aromatic heterocycles. The number of guanidine groups is 1. The van der Waals surface area contributed by atoms with Crippen molar-refractivity contribution in [1.29, 1.82) is 0 Å². The number of benzene rings is 4. The van der Waals surface area contributed by atoms with Gasteiger partial charge >= 0.3 is 6.09 Å². The monoisotopic (exact) mass is 561 g/mol. The van der Waals surface area contributed by atoms with Crippen LogP contribution in [0.15, 0.2) is 120 Å². The average Bonchev–Trinajstić information content (AvgIpc) is 3.27. The molecule has 0 spiro atoms. The number of carbonyl (C=O) groups is 2. The zero-order valence-electron chi connectivity index (χ0n) is 23.4. The number of ether oxygens (including phenoxy) is 2. The predicted octanol–water partition coefficient (Wildman–Crippen LogP) is 6.35. The van der Waals surface area contributed by atoms with E-state index in [1.165, 1.54) is 0 Å². The average molecular weight is 562 g/mol. The molecule has 0 bridgehead atoms. The van der Waals surface area contributed by atoms with Gasteiger partial charge in [0, 0.05) is 12.6 Å². The summed E-state index contributed by atoms with van der Waals surface area (Å²) in [5.41, 5.74) is 3.70. The molecule has 4 aromatic rings. The fourth-order valence-electron chi connectivity index (χ4n) is 4.78. The van der Waals surface area contributed by atoms with Gasteiger partial charge in [-0.2, -0.15) is 4.99 Å². The number of likely N-dealkylation sites (N-methyl/N-ethyl adjacent to an activating group) is 1. The summed E-state index contributed by atoms with van der Waals surface area (Å²) in [4.78, 5) is 32.8. The fourth-order valence-corrected chi connectivity index (χ4v) is 4.78. The van der Waals surface area contributed by atoms with E-state index in [2.05, 4.69) is 4.99 Å². The van der Waals surface area contributed by atoms with Gasteiger partial charge in [-0.15, -0.1) is 0 Å². The van der Waals surface area contributed by atoms with E-state index in [0.29, 0.717) is 30.0 Å². The van der Waals surface area contributed by atoms with Gasteiger partial charge in [-0.05, 0) is 65.6 Å². The molecule has 5 rings (SSSR count). The van der Waals surface area contributed by atoms with Gasteiger partial charge < -0.3 is 19.5 Å². The number of nitrogens with zero attached hydrogens (tertiary/aromatic N) is 3. The molecule has 1 atom stereocenters. The first-order chi connectivity index (χ1) is 20.4. The van der Waals surface area contributed by atoms with Crippen LogP contribution in [0.4, 0.5) is 4.79 Å². The molecule has 1 aliphatic rings. The number of carbonyl (C=O) groups excluding carboxylic acids is 1. The number of hydrogen-bond donors (Lipinski definition) is 1. The molecule has 8 heteroatoms. The number of rotatable bonds is 8. The first-order valence-electron chi connectivity index (χ1n) is 13.5. The number of amides is 2. The molecule has 8 nitrogen and oxygen atoms in total. The molecular formula is C34H31N3O5. The molecule has 1 N–H and O–H groups in total. The maximum absolute atomic E-state index is 13.0. The number of carboxylic acid groups (broad SMARTS) is 1. The van der Waals surface area contributed by atoms with Crippen LogP contribution >= 0.6 is 0 Å². The van der Waals surface area contributed by atoms with Crippen molar-refractivity contribution in [2.75, 3.05) is 14.2 Å². The maximum atomic E-state index is 13.0. The summed E-state index contributed by atoms with van der Waals surface area (Å²) in [6.45, 7) is 0.461. The summed E-state index contributed by atoms with van der Waals surface area (Å²) < 4.78 is 11.2. The van der Waals surface area contributed by atoms with E-state index < -0.39 is 18.0 Å². The van der Waals surface area contributed by atoms with Crippen molar-refractivity contribution >= 4 is 24.0 Å². The Morgan fingerprint density at radius 2 is 1.45 bits per heavy atom. The summed E-state index contributed by atoms with van der Waals surface area (Å²) in [5, 5.41) is 10.3. The molecule has 0 aliphatic carbocycles. The lowest BCUT2D eigenvalue weighted by Crippen LogP contribution is -2.36. The Balaban J connectivity index is 1.46. The Labute approximate surface area is 244 Å². The number of methoxy groups -OCH3 is 1. The van der Waals surface area contributed by atoms with Gasteiger partial charge in [0.2, 0.25) is 5.96 Å². The second kappa shape index (κ2) is 12.9. The molecule has 1 saturated heterocycles. The molecule has 42 heavy (non-hydrogen) atoms. The fraction of sp³-hybridized carbons (Fsp3) is 0.147. The smallest absolute Gasteiger partial charge is 0.418 e. The third-order valence-electron chi connectivity index (χ3n) is 7.03. The first-order valence-corrected chi connectivity index (χ1v) is 13.5. The largest absolute Gasteiger partial charge is 0.497 e. The zero-order chi connectivity index (χ0) is 29.5. The highest BCUT2D eigenvalue weighted by molar-refractivity contribution is 6.08. The van der Waals surface area contributed by atoms with Crippen LogP contribution in [0, 0.1) is 0 Å². The van der Waals surface area contributed by atoms with Crippen LogP contribution in [0.3, 0.4) is 0 Å². The minimum Gasteiger partial charge on any atom is -0.497 e. The van der Waals surface area contributed by atoms with Crippen molar-refractivity contribution in [3.8, 4) is 11.5 Å². The van der Waals surface area contributed by atoms with Gasteiger partial charge in [-0.1, -0.05) is 72.8 Å². The third-order valence-corrected chi connectivity index (χ3v) is 7.03. The number of aliphatic imine (C=N–C) groups is 1. The van der Waals surface area contributed by atoms with E-state index in [1.54, 1.807) is 49.4 Å². The Bertz CT molecular complexity index is 1580. The molecule has 0 saturated carbocycles. The van der Waals surface area contributed by atoms with Crippen molar-refractivity contribution in [3.05, 3.63) is 137 Å². The van der Waals surface area contributed by atoms with Crippen LogP contribution in [-0.4, -0.2) is 53.1 Å². The minimum absolute atomic E-state index is 0.0453. The topological polar surface area (TPSA) is 91.7 Å². The standard InChI is InChI=1S/C34H31N3O5/c1-36-30(21-24-15-19-29(20-16-24)42-23-26-9-5-3-6-10-26)31(22-25-13-17-28(41-2)18-14-25)37(34(39)40)33(36)35-32(38)27-11-7-4-8-12-27/h3-20,22,30H,21,23H2,1-2H3,(H,39,40)/b31-22-,35-33?. The zero-order valence-corrected chi connectivity index (χ0v) is 23.4. The van der Waals surface area contributed by atoms with Gasteiger partial charge in [0.05, 0.1) is 18.8 Å². The highest BCUT2D eigenvalue weighted by atomic mass is 16.5. The predicted molar refractivity (Wildman–Crippen MR) is 162 cm³/mol. The lowest BCUT2D eigenvalue weighted by molar-refractivity contribution is 0.100. The molecule has 1 aliphatic heterocycles. The molecule has 4 aromatic carbocycles. The third kappa shape index (κ3) is 6.50. The highest BCUT2D eigenvalue weighted by Gasteiger charge is 2.42. The normalized spacial score (nSPS) is 16.6. The molecule has 1 heterocycles. The van der Waals surface area contributed by atoms with Gasteiger partial charge in [0.1, 0.15) is 18.1 Å². The van der Waals surface area contributed by atoms with Crippen molar-refractivity contribution in [1.82, 2.24) is 9.80 Å². The first kappa shape index (κ1) is 28.2. The summed E-state index contributed by atoms with van der Waals surface area (Å²) in [5.74, 6) is 0.953. The second-order valence-corrected chi connectivity index (χ2v) is 9.79. The Kier molecular flexibility index (Phi) is 8.63. The van der Waals surface area contributed by atoms with Crippen LogP contribution in [0.5, 0.6) is 11.5 Å². The molecule has 0 radical (unpaired) electrons. The molecule has 212 valence electrons. The van der Waals surface area contributed by atoms with Gasteiger partial charge in [0.25, 0.3) is 5.91 Å². The van der Waals surface area contributed by atoms with E-state index in [4.69, 9.17) is 9.47 Å². The Hall–Kier alpha value is -5.37. The minimum atomic E-state index is -1.23. The summed E-state index contributed by atoms with van der Waals surface area (Å²) in [7, 11) is 3.34. The maximum Gasteiger partial charge on any atom is 0.418 e. The van der Waals surface area contributed by atoms with Gasteiger partial charge in [0.15, 0.2) is 0 Å². The number of hydrogen-bond acceptors (Lipinski definition) is 4. The quantitative estimate of drug-likeness (QED) is 0.270. The van der Waals surface area contributed by atoms with Crippen LogP contribution in [0.2, 0.25) is 0 Å². The van der Waals surface area contributed by atoms with E-state index in [1.807, 2.05) is 84.9 Å². The molecular weight excluding hydrogens is 530 g/mol. The molecule has 2 amide bonds. The molecule has 1 unspecified atom stereocenters. The lowest BCUT2D eigenvalue weighted by atomic mass is 10.0. The second-order valence-electron chi connectivity index (χ2n) is 9.79. The van der Waals surface area contributed by atoms with Crippen molar-refractivity contribution < 1.29 is 24.2 Å². The SMILES string of the molecule is COc1ccc(/C=C2/C(Cc3ccc(OCc4ccccc4)cc3)N(C)C(=NC(=O)c3ccccc3)N2C(=O)O)cc1. The summed E-state index contributed by atoms with van der Waals surface area (Å²) in [6.07, 6.45) is 1.05. The van der Waals surface area contributed by atoms with Crippen LogP contribution < -0.4 is 9.47 Å². The summed E-state index contributed by atoms with van der Waals surface area (Å²) in [6, 6.07) is 33.2. The highest BCUT2D eigenvalue weighted by Crippen LogP contribution is 2.31. The van der Waals surface area contributed by atoms with Crippen LogP contribution in [0.1, 0.15) is 27.0 Å². The Morgan fingerprint density at radius 1 is 0.833 bits per heavy atom. The van der Waals surface area contributed by atoms with Crippen molar-refractivity contribution in [2.24, 2.45) is 4.99 Å². The van der Waals surface area contributed by atoms with Crippen molar-refractivity contribution in [2.45, 2.75) is 19.1 Å². The van der Waals surface area contributed by atoms with E-state index in [-0.39, 0.29) is 5.96 Å². The Morgan fingerprint density at radius 3 is 2.07 bits per heavy atom. The molecule has 1 fully saturated rings. The van der Waals surface area contributed by atoms with E-state index in [9.17, 15) is 14.7 Å².